The molecule has 7 nitrogen and oxygen atoms in total. The van der Waals surface area contributed by atoms with Gasteiger partial charge in [0.2, 0.25) is 5.79 Å². The molecule has 5 atom stereocenters. The maximum Gasteiger partial charge on any atom is 0.225 e. The summed E-state index contributed by atoms with van der Waals surface area (Å²) in [4.78, 5) is 0. The Morgan fingerprint density at radius 1 is 0.680 bits per heavy atom. The third-order valence-corrected chi connectivity index (χ3v) is 9.84. The Bertz CT molecular complexity index is 1820. The Morgan fingerprint density at radius 2 is 1.24 bits per heavy atom. The van der Waals surface area contributed by atoms with Crippen LogP contribution in [0.3, 0.4) is 0 Å². The van der Waals surface area contributed by atoms with Gasteiger partial charge in [0.15, 0.2) is 0 Å². The van der Waals surface area contributed by atoms with Gasteiger partial charge in [0, 0.05) is 10.6 Å². The number of aliphatic hydroxyl groups is 1. The van der Waals surface area contributed by atoms with Crippen LogP contribution in [-0.2, 0) is 55.7 Å². The molecule has 2 bridgehead atoms. The zero-order valence-corrected chi connectivity index (χ0v) is 28.7. The molecule has 258 valence electrons. The Hall–Kier alpha value is -4.05. The molecule has 0 amide bonds. The molecule has 2 aliphatic rings. The van der Waals surface area contributed by atoms with Gasteiger partial charge in [-0.2, -0.15) is 0 Å². The number of hydrogen-bond acceptors (Lipinski definition) is 7. The first-order chi connectivity index (χ1) is 24.5. The number of fused-ring (bicyclic) bond motifs is 2. The van der Waals surface area contributed by atoms with Crippen LogP contribution in [0.5, 0.6) is 5.75 Å². The van der Waals surface area contributed by atoms with Gasteiger partial charge >= 0.3 is 0 Å². The number of ether oxygens (including phenoxy) is 6. The average Bonchev–Trinajstić information content (AvgIpc) is 3.53. The van der Waals surface area contributed by atoms with E-state index in [1.54, 1.807) is 7.11 Å². The Labute approximate surface area is 298 Å². The molecule has 0 aromatic heterocycles. The van der Waals surface area contributed by atoms with Crippen molar-refractivity contribution in [1.82, 2.24) is 0 Å². The second-order valence-corrected chi connectivity index (χ2v) is 13.2. The van der Waals surface area contributed by atoms with Gasteiger partial charge in [0.1, 0.15) is 29.7 Å². The van der Waals surface area contributed by atoms with Crippen LogP contribution in [-0.4, -0.2) is 49.3 Å². The van der Waals surface area contributed by atoms with Crippen molar-refractivity contribution < 1.29 is 33.5 Å². The number of rotatable bonds is 14. The molecular formula is C42H41ClO7. The quantitative estimate of drug-likeness (QED) is 0.128. The van der Waals surface area contributed by atoms with Crippen LogP contribution >= 0.6 is 11.6 Å². The van der Waals surface area contributed by atoms with Crippen molar-refractivity contribution in [3.8, 4) is 5.75 Å². The molecule has 0 aliphatic carbocycles. The number of benzene rings is 5. The van der Waals surface area contributed by atoms with E-state index < -0.39 is 29.7 Å². The van der Waals surface area contributed by atoms with Gasteiger partial charge in [0.05, 0.1) is 40.1 Å². The van der Waals surface area contributed by atoms with E-state index in [-0.39, 0.29) is 26.4 Å². The lowest BCUT2D eigenvalue weighted by Gasteiger charge is -2.50. The van der Waals surface area contributed by atoms with E-state index in [0.717, 1.165) is 33.6 Å². The predicted molar refractivity (Wildman–Crippen MR) is 191 cm³/mol. The second-order valence-electron chi connectivity index (χ2n) is 12.8. The summed E-state index contributed by atoms with van der Waals surface area (Å²) in [5, 5.41) is 11.7. The predicted octanol–water partition coefficient (Wildman–Crippen LogP) is 7.64. The summed E-state index contributed by atoms with van der Waals surface area (Å²) in [6.45, 7) is 0.567. The van der Waals surface area contributed by atoms with Gasteiger partial charge in [-0.05, 0) is 58.5 Å². The lowest BCUT2D eigenvalue weighted by atomic mass is 9.83. The van der Waals surface area contributed by atoms with E-state index in [2.05, 4.69) is 0 Å². The van der Waals surface area contributed by atoms with E-state index in [4.69, 9.17) is 40.0 Å². The van der Waals surface area contributed by atoms with Crippen LogP contribution in [0.4, 0.5) is 0 Å². The highest BCUT2D eigenvalue weighted by molar-refractivity contribution is 6.31. The number of methoxy groups -OCH3 is 1. The fourth-order valence-electron chi connectivity index (χ4n) is 6.82. The van der Waals surface area contributed by atoms with Gasteiger partial charge in [-0.15, -0.1) is 0 Å². The van der Waals surface area contributed by atoms with Crippen LogP contribution < -0.4 is 4.74 Å². The molecule has 7 rings (SSSR count). The van der Waals surface area contributed by atoms with E-state index >= 15 is 0 Å². The van der Waals surface area contributed by atoms with Crippen LogP contribution in [0.15, 0.2) is 133 Å². The fourth-order valence-corrected chi connectivity index (χ4v) is 7.01. The largest absolute Gasteiger partial charge is 0.497 e. The van der Waals surface area contributed by atoms with Crippen molar-refractivity contribution in [2.24, 2.45) is 0 Å². The summed E-state index contributed by atoms with van der Waals surface area (Å²) >= 11 is 6.82. The minimum atomic E-state index is -1.44. The van der Waals surface area contributed by atoms with E-state index in [1.807, 2.05) is 133 Å². The molecule has 0 saturated carbocycles. The minimum absolute atomic E-state index is 0.0653. The zero-order chi connectivity index (χ0) is 34.4. The molecule has 50 heavy (non-hydrogen) atoms. The summed E-state index contributed by atoms with van der Waals surface area (Å²) in [6, 6.07) is 43.6. The van der Waals surface area contributed by atoms with Crippen molar-refractivity contribution in [1.29, 1.82) is 0 Å². The zero-order valence-electron chi connectivity index (χ0n) is 28.0. The average molecular weight is 693 g/mol. The molecule has 1 unspecified atom stereocenters. The minimum Gasteiger partial charge on any atom is -0.497 e. The molecule has 0 radical (unpaired) electrons. The molecule has 0 spiro atoms. The number of halogens is 1. The van der Waals surface area contributed by atoms with Gasteiger partial charge in [-0.25, -0.2) is 0 Å². The number of hydrogen-bond donors (Lipinski definition) is 1. The van der Waals surface area contributed by atoms with Crippen LogP contribution in [0.25, 0.3) is 0 Å². The third kappa shape index (κ3) is 7.22. The monoisotopic (exact) mass is 692 g/mol. The molecule has 2 fully saturated rings. The molecule has 2 saturated heterocycles. The standard InChI is InChI=1S/C42H41ClO7/c1-45-36-20-17-30(18-21-36)23-34-24-35(19-22-37(34)43)42-40(48-27-33-15-9-4-10-16-33)38(46-25-31-11-5-2-6-12-31)39(41(28-44,50-42)29-49-42)47-26-32-13-7-3-8-14-32/h2-22,24,38-40,44H,23,25-29H2,1H3/t38-,39-,40?,41-,42-/m0/s1. The maximum absolute atomic E-state index is 11.1. The molecule has 5 aromatic carbocycles. The fraction of sp³-hybridized carbons (Fsp3) is 0.286. The highest BCUT2D eigenvalue weighted by Crippen LogP contribution is 2.53. The first kappa shape index (κ1) is 34.4. The summed E-state index contributed by atoms with van der Waals surface area (Å²) in [5.41, 5.74) is 4.41. The lowest BCUT2D eigenvalue weighted by Crippen LogP contribution is -2.67. The summed E-state index contributed by atoms with van der Waals surface area (Å²) in [7, 11) is 1.65. The van der Waals surface area contributed by atoms with E-state index in [9.17, 15) is 5.11 Å². The van der Waals surface area contributed by atoms with Crippen LogP contribution in [0.1, 0.15) is 33.4 Å². The van der Waals surface area contributed by atoms with Crippen LogP contribution in [0, 0.1) is 0 Å². The molecule has 2 aliphatic heterocycles. The van der Waals surface area contributed by atoms with Crippen LogP contribution in [0.2, 0.25) is 5.02 Å². The summed E-state index contributed by atoms with van der Waals surface area (Å²) in [5.74, 6) is -0.656. The molecule has 8 heteroatoms. The van der Waals surface area contributed by atoms with Gasteiger partial charge in [0.25, 0.3) is 0 Å². The molecule has 2 heterocycles. The molecular weight excluding hydrogens is 652 g/mol. The third-order valence-electron chi connectivity index (χ3n) is 9.48. The van der Waals surface area contributed by atoms with Crippen molar-refractivity contribution in [2.75, 3.05) is 20.3 Å². The van der Waals surface area contributed by atoms with Gasteiger partial charge in [-0.3, -0.25) is 0 Å². The SMILES string of the molecule is COc1ccc(Cc2cc([C@]34OC[C@](CO)(O3)[C@@H](OCc3ccccc3)[C@H](OCc3ccccc3)C4OCc3ccccc3)ccc2Cl)cc1. The summed E-state index contributed by atoms with van der Waals surface area (Å²) in [6.07, 6.45) is -1.67. The number of aliphatic hydroxyl groups excluding tert-OH is 1. The van der Waals surface area contributed by atoms with Crippen molar-refractivity contribution in [3.05, 3.63) is 172 Å². The highest BCUT2D eigenvalue weighted by atomic mass is 35.5. The topological polar surface area (TPSA) is 75.6 Å². The van der Waals surface area contributed by atoms with Crippen molar-refractivity contribution in [2.45, 2.75) is 55.9 Å². The first-order valence-corrected chi connectivity index (χ1v) is 17.2. The summed E-state index contributed by atoms with van der Waals surface area (Å²) < 4.78 is 39.5. The molecule has 5 aromatic rings. The first-order valence-electron chi connectivity index (χ1n) is 16.9. The van der Waals surface area contributed by atoms with E-state index in [1.165, 1.54) is 0 Å². The molecule has 1 N–H and O–H groups in total. The smallest absolute Gasteiger partial charge is 0.225 e. The lowest BCUT2D eigenvalue weighted by molar-refractivity contribution is -0.353. The second kappa shape index (κ2) is 15.5. The van der Waals surface area contributed by atoms with Gasteiger partial charge in [-0.1, -0.05) is 121 Å². The van der Waals surface area contributed by atoms with E-state index in [0.29, 0.717) is 23.6 Å². The maximum atomic E-state index is 11.1. The Balaban J connectivity index is 1.30. The normalized spacial score (nSPS) is 24.3. The van der Waals surface area contributed by atoms with Crippen molar-refractivity contribution >= 4 is 11.6 Å². The Kier molecular flexibility index (Phi) is 10.6. The van der Waals surface area contributed by atoms with Gasteiger partial charge < -0.3 is 33.5 Å². The Morgan fingerprint density at radius 3 is 1.80 bits per heavy atom. The highest BCUT2D eigenvalue weighted by Gasteiger charge is 2.69. The van der Waals surface area contributed by atoms with Crippen molar-refractivity contribution in [3.63, 3.8) is 0 Å².